The Labute approximate surface area is 100 Å². The van der Waals surface area contributed by atoms with Crippen LogP contribution in [0, 0.1) is 5.92 Å². The fraction of sp³-hybridized carbons (Fsp3) is 0.818. The third-order valence-electron chi connectivity index (χ3n) is 3.27. The van der Waals surface area contributed by atoms with E-state index in [0.717, 1.165) is 12.8 Å². The number of hydrogen-bond donors (Lipinski definition) is 4. The third kappa shape index (κ3) is 3.41. The lowest BCUT2D eigenvalue weighted by molar-refractivity contribution is -0.144. The van der Waals surface area contributed by atoms with Crippen molar-refractivity contribution in [3.63, 3.8) is 0 Å². The molecule has 1 aliphatic carbocycles. The number of aliphatic carboxylic acids is 1. The predicted molar refractivity (Wildman–Crippen MR) is 61.2 cm³/mol. The average Bonchev–Trinajstić information content (AvgIpc) is 2.24. The zero-order chi connectivity index (χ0) is 13.1. The number of carboxylic acids is 1. The summed E-state index contributed by atoms with van der Waals surface area (Å²) < 4.78 is 0. The Hall–Kier alpha value is -1.14. The van der Waals surface area contributed by atoms with E-state index in [1.54, 1.807) is 0 Å². The zero-order valence-corrected chi connectivity index (χ0v) is 9.98. The summed E-state index contributed by atoms with van der Waals surface area (Å²) in [4.78, 5) is 22.6. The normalized spacial score (nSPS) is 30.6. The van der Waals surface area contributed by atoms with Crippen LogP contribution in [-0.2, 0) is 9.59 Å². The summed E-state index contributed by atoms with van der Waals surface area (Å²) in [5.41, 5.74) is 5.01. The molecule has 0 saturated heterocycles. The monoisotopic (exact) mass is 244 g/mol. The molecule has 0 aromatic rings. The highest BCUT2D eigenvalue weighted by atomic mass is 16.4. The van der Waals surface area contributed by atoms with Gasteiger partial charge in [-0.1, -0.05) is 19.8 Å². The minimum Gasteiger partial charge on any atom is -0.480 e. The number of carbonyl (C=O) groups excluding carboxylic acids is 1. The summed E-state index contributed by atoms with van der Waals surface area (Å²) in [7, 11) is 0. The first kappa shape index (κ1) is 13.9. The summed E-state index contributed by atoms with van der Waals surface area (Å²) >= 11 is 0. The molecule has 0 aromatic heterocycles. The van der Waals surface area contributed by atoms with E-state index in [4.69, 9.17) is 15.9 Å². The standard InChI is InChI=1S/C11H20N2O4/c1-7-3-2-4-11(12,5-7)10(17)13-8(6-14)9(15)16/h7-8,14H,2-6,12H2,1H3,(H,13,17)(H,15,16)/t7?,8-,11?/m0/s1. The van der Waals surface area contributed by atoms with Crippen molar-refractivity contribution in [2.24, 2.45) is 11.7 Å². The van der Waals surface area contributed by atoms with Crippen molar-refractivity contribution >= 4 is 11.9 Å². The van der Waals surface area contributed by atoms with Crippen molar-refractivity contribution in [1.29, 1.82) is 0 Å². The van der Waals surface area contributed by atoms with Crippen LogP contribution in [0.5, 0.6) is 0 Å². The van der Waals surface area contributed by atoms with E-state index in [-0.39, 0.29) is 0 Å². The van der Waals surface area contributed by atoms with Gasteiger partial charge < -0.3 is 21.3 Å². The van der Waals surface area contributed by atoms with E-state index in [1.807, 2.05) is 6.92 Å². The van der Waals surface area contributed by atoms with Gasteiger partial charge in [0.2, 0.25) is 5.91 Å². The van der Waals surface area contributed by atoms with Crippen molar-refractivity contribution in [2.75, 3.05) is 6.61 Å². The molecule has 1 amide bonds. The van der Waals surface area contributed by atoms with E-state index in [2.05, 4.69) is 5.32 Å². The minimum atomic E-state index is -1.28. The minimum absolute atomic E-state index is 0.358. The van der Waals surface area contributed by atoms with Gasteiger partial charge in [-0.15, -0.1) is 0 Å². The summed E-state index contributed by atoms with van der Waals surface area (Å²) in [6.45, 7) is 1.39. The SMILES string of the molecule is CC1CCCC(N)(C(=O)N[C@@H](CO)C(=O)O)C1. The van der Waals surface area contributed by atoms with Gasteiger partial charge in [0.15, 0.2) is 0 Å². The topological polar surface area (TPSA) is 113 Å². The Kier molecular flexibility index (Phi) is 4.47. The molecule has 1 rings (SSSR count). The smallest absolute Gasteiger partial charge is 0.328 e. The molecule has 5 N–H and O–H groups in total. The fourth-order valence-corrected chi connectivity index (χ4v) is 2.29. The van der Waals surface area contributed by atoms with Gasteiger partial charge in [0.05, 0.1) is 12.1 Å². The molecule has 2 unspecified atom stereocenters. The maximum Gasteiger partial charge on any atom is 0.328 e. The number of rotatable bonds is 4. The molecule has 3 atom stereocenters. The molecule has 0 radical (unpaired) electrons. The average molecular weight is 244 g/mol. The molecule has 6 heteroatoms. The van der Waals surface area contributed by atoms with Crippen LogP contribution in [0.4, 0.5) is 0 Å². The largest absolute Gasteiger partial charge is 0.480 e. The van der Waals surface area contributed by atoms with Gasteiger partial charge in [0.25, 0.3) is 0 Å². The molecule has 1 fully saturated rings. The lowest BCUT2D eigenvalue weighted by Gasteiger charge is -2.35. The lowest BCUT2D eigenvalue weighted by atomic mass is 9.76. The van der Waals surface area contributed by atoms with Crippen molar-refractivity contribution in [3.05, 3.63) is 0 Å². The maximum absolute atomic E-state index is 11.9. The first-order valence-corrected chi connectivity index (χ1v) is 5.82. The molecule has 1 aliphatic rings. The molecular formula is C11H20N2O4. The number of aliphatic hydroxyl groups is 1. The predicted octanol–water partition coefficient (Wildman–Crippen LogP) is -0.544. The van der Waals surface area contributed by atoms with E-state index < -0.39 is 30.1 Å². The molecule has 17 heavy (non-hydrogen) atoms. The van der Waals surface area contributed by atoms with Gasteiger partial charge in [-0.05, 0) is 18.8 Å². The quantitative estimate of drug-likeness (QED) is 0.530. The van der Waals surface area contributed by atoms with E-state index in [1.165, 1.54) is 0 Å². The second-order valence-corrected chi connectivity index (χ2v) is 4.90. The summed E-state index contributed by atoms with van der Waals surface area (Å²) in [6, 6.07) is -1.28. The lowest BCUT2D eigenvalue weighted by Crippen LogP contribution is -2.59. The summed E-state index contributed by atoms with van der Waals surface area (Å²) in [5.74, 6) is -1.38. The van der Waals surface area contributed by atoms with Crippen molar-refractivity contribution in [3.8, 4) is 0 Å². The number of carbonyl (C=O) groups is 2. The van der Waals surface area contributed by atoms with Crippen molar-refractivity contribution in [1.82, 2.24) is 5.32 Å². The van der Waals surface area contributed by atoms with Crippen LogP contribution in [0.2, 0.25) is 0 Å². The highest BCUT2D eigenvalue weighted by Gasteiger charge is 2.39. The number of nitrogens with one attached hydrogen (secondary N) is 1. The van der Waals surface area contributed by atoms with Crippen LogP contribution in [-0.4, -0.2) is 40.3 Å². The molecule has 6 nitrogen and oxygen atoms in total. The highest BCUT2D eigenvalue weighted by Crippen LogP contribution is 2.30. The maximum atomic E-state index is 11.9. The van der Waals surface area contributed by atoms with Crippen molar-refractivity contribution in [2.45, 2.75) is 44.2 Å². The van der Waals surface area contributed by atoms with Gasteiger partial charge in [-0.2, -0.15) is 0 Å². The number of hydrogen-bond acceptors (Lipinski definition) is 4. The molecular weight excluding hydrogens is 224 g/mol. The Bertz CT molecular complexity index is 308. The highest BCUT2D eigenvalue weighted by molar-refractivity contribution is 5.90. The second-order valence-electron chi connectivity index (χ2n) is 4.90. The van der Waals surface area contributed by atoms with Gasteiger partial charge >= 0.3 is 5.97 Å². The van der Waals surface area contributed by atoms with Gasteiger partial charge in [0, 0.05) is 0 Å². The molecule has 0 spiro atoms. The molecule has 0 aromatic carbocycles. The molecule has 0 heterocycles. The summed E-state index contributed by atoms with van der Waals surface area (Å²) in [5, 5.41) is 19.9. The van der Waals surface area contributed by atoms with Crippen LogP contribution in [0.1, 0.15) is 32.6 Å². The van der Waals surface area contributed by atoms with Gasteiger partial charge in [-0.25, -0.2) is 4.79 Å². The fourth-order valence-electron chi connectivity index (χ4n) is 2.29. The Morgan fingerprint density at radius 2 is 2.24 bits per heavy atom. The van der Waals surface area contributed by atoms with Crippen LogP contribution < -0.4 is 11.1 Å². The first-order chi connectivity index (χ1) is 7.89. The Morgan fingerprint density at radius 3 is 2.71 bits per heavy atom. The van der Waals surface area contributed by atoms with Crippen molar-refractivity contribution < 1.29 is 19.8 Å². The van der Waals surface area contributed by atoms with Crippen LogP contribution >= 0.6 is 0 Å². The van der Waals surface area contributed by atoms with Gasteiger partial charge in [0.1, 0.15) is 6.04 Å². The zero-order valence-electron chi connectivity index (χ0n) is 9.98. The summed E-state index contributed by atoms with van der Waals surface area (Å²) in [6.07, 6.45) is 3.01. The van der Waals surface area contributed by atoms with E-state index >= 15 is 0 Å². The molecule has 98 valence electrons. The third-order valence-corrected chi connectivity index (χ3v) is 3.27. The van der Waals surface area contributed by atoms with E-state index in [9.17, 15) is 9.59 Å². The number of nitrogens with two attached hydrogens (primary N) is 1. The molecule has 1 saturated carbocycles. The Balaban J connectivity index is 2.65. The number of carboxylic acid groups (broad SMARTS) is 1. The first-order valence-electron chi connectivity index (χ1n) is 5.82. The van der Waals surface area contributed by atoms with E-state index in [0.29, 0.717) is 18.8 Å². The van der Waals surface area contributed by atoms with Crippen LogP contribution in [0.3, 0.4) is 0 Å². The number of amides is 1. The van der Waals surface area contributed by atoms with Crippen LogP contribution in [0.15, 0.2) is 0 Å². The van der Waals surface area contributed by atoms with Crippen LogP contribution in [0.25, 0.3) is 0 Å². The number of aliphatic hydroxyl groups excluding tert-OH is 1. The Morgan fingerprint density at radius 1 is 1.59 bits per heavy atom. The second kappa shape index (κ2) is 5.46. The van der Waals surface area contributed by atoms with Gasteiger partial charge in [-0.3, -0.25) is 4.79 Å². The molecule has 0 aliphatic heterocycles. The molecule has 0 bridgehead atoms.